The van der Waals surface area contributed by atoms with E-state index < -0.39 is 16.9 Å². The van der Waals surface area contributed by atoms with E-state index in [2.05, 4.69) is 10.6 Å². The molecule has 1 aliphatic rings. The van der Waals surface area contributed by atoms with Gasteiger partial charge in [-0.05, 0) is 30.7 Å². The molecule has 0 saturated carbocycles. The van der Waals surface area contributed by atoms with Gasteiger partial charge in [-0.3, -0.25) is 19.7 Å². The number of carbonyl (C=O) groups excluding carboxylic acids is 2. The lowest BCUT2D eigenvalue weighted by Crippen LogP contribution is -2.28. The topological polar surface area (TPSA) is 111 Å². The van der Waals surface area contributed by atoms with Crippen LogP contribution >= 0.6 is 11.6 Å². The smallest absolute Gasteiger partial charge is 0.270 e. The fourth-order valence-corrected chi connectivity index (χ4v) is 2.79. The number of fused-ring (bicyclic) bond motifs is 1. The van der Waals surface area contributed by atoms with Crippen molar-refractivity contribution in [2.45, 2.75) is 13.0 Å². The van der Waals surface area contributed by atoms with Gasteiger partial charge < -0.3 is 15.4 Å². The summed E-state index contributed by atoms with van der Waals surface area (Å²) in [5.41, 5.74) is 1.23. The number of carbonyl (C=O) groups is 2. The zero-order chi connectivity index (χ0) is 18.8. The second kappa shape index (κ2) is 7.01. The van der Waals surface area contributed by atoms with Crippen LogP contribution in [0.15, 0.2) is 36.4 Å². The molecule has 0 aromatic heterocycles. The third-order valence-electron chi connectivity index (χ3n) is 3.89. The molecule has 0 spiro atoms. The van der Waals surface area contributed by atoms with Gasteiger partial charge >= 0.3 is 0 Å². The van der Waals surface area contributed by atoms with Crippen molar-refractivity contribution < 1.29 is 19.2 Å². The summed E-state index contributed by atoms with van der Waals surface area (Å²) in [4.78, 5) is 34.0. The fraction of sp³-hybridized carbons (Fsp3) is 0.176. The summed E-state index contributed by atoms with van der Waals surface area (Å²) in [5.74, 6) is -0.148. The Labute approximate surface area is 153 Å². The van der Waals surface area contributed by atoms with E-state index in [-0.39, 0.29) is 28.8 Å². The van der Waals surface area contributed by atoms with Crippen molar-refractivity contribution in [2.75, 3.05) is 11.9 Å². The molecule has 3 rings (SSSR count). The highest BCUT2D eigenvalue weighted by atomic mass is 35.5. The molecule has 1 heterocycles. The van der Waals surface area contributed by atoms with Crippen LogP contribution in [0.25, 0.3) is 0 Å². The summed E-state index contributed by atoms with van der Waals surface area (Å²) < 4.78 is 5.30. The predicted molar refractivity (Wildman–Crippen MR) is 94.6 cm³/mol. The highest BCUT2D eigenvalue weighted by Gasteiger charge is 2.20. The van der Waals surface area contributed by atoms with E-state index in [1.807, 2.05) is 0 Å². The van der Waals surface area contributed by atoms with Gasteiger partial charge in [0.1, 0.15) is 5.75 Å². The molecule has 0 bridgehead atoms. The summed E-state index contributed by atoms with van der Waals surface area (Å²) in [6.07, 6.45) is 0. The van der Waals surface area contributed by atoms with E-state index in [1.54, 1.807) is 25.1 Å². The lowest BCUT2D eigenvalue weighted by Gasteiger charge is -2.21. The minimum atomic E-state index is -0.584. The van der Waals surface area contributed by atoms with Gasteiger partial charge in [0.15, 0.2) is 6.61 Å². The molecule has 26 heavy (non-hydrogen) atoms. The minimum absolute atomic E-state index is 0.00463. The van der Waals surface area contributed by atoms with Gasteiger partial charge in [0, 0.05) is 12.1 Å². The Bertz CT molecular complexity index is 915. The maximum Gasteiger partial charge on any atom is 0.270 e. The Hall–Kier alpha value is -3.13. The normalized spacial score (nSPS) is 13.8. The summed E-state index contributed by atoms with van der Waals surface area (Å²) in [6, 6.07) is 8.48. The Balaban J connectivity index is 1.76. The summed E-state index contributed by atoms with van der Waals surface area (Å²) in [7, 11) is 0. The van der Waals surface area contributed by atoms with E-state index in [1.165, 1.54) is 12.1 Å². The zero-order valence-corrected chi connectivity index (χ0v) is 14.4. The first kappa shape index (κ1) is 17.7. The number of non-ortho nitro benzene ring substituents is 1. The van der Waals surface area contributed by atoms with Crippen molar-refractivity contribution in [3.8, 4) is 5.75 Å². The van der Waals surface area contributed by atoms with Crippen molar-refractivity contribution in [3.63, 3.8) is 0 Å². The van der Waals surface area contributed by atoms with Gasteiger partial charge in [0.25, 0.3) is 17.5 Å². The largest absolute Gasteiger partial charge is 0.482 e. The monoisotopic (exact) mass is 375 g/mol. The zero-order valence-electron chi connectivity index (χ0n) is 13.6. The number of amides is 2. The van der Waals surface area contributed by atoms with Crippen molar-refractivity contribution in [1.82, 2.24) is 5.32 Å². The van der Waals surface area contributed by atoms with Crippen molar-refractivity contribution in [1.29, 1.82) is 0 Å². The maximum atomic E-state index is 12.4. The van der Waals surface area contributed by atoms with E-state index in [0.717, 1.165) is 11.6 Å². The van der Waals surface area contributed by atoms with Crippen LogP contribution in [0.4, 0.5) is 11.4 Å². The molecule has 1 atom stereocenters. The molecular weight excluding hydrogens is 362 g/mol. The molecule has 1 aliphatic heterocycles. The van der Waals surface area contributed by atoms with Crippen LogP contribution in [0, 0.1) is 10.1 Å². The quantitative estimate of drug-likeness (QED) is 0.630. The SMILES string of the molecule is CC(NC(=O)c1ccc([N+](=O)[O-])cc1Cl)c1ccc2c(c1)NC(=O)CO2. The highest BCUT2D eigenvalue weighted by molar-refractivity contribution is 6.34. The second-order valence-corrected chi connectivity index (χ2v) is 6.12. The molecule has 0 saturated heterocycles. The molecule has 1 unspecified atom stereocenters. The van der Waals surface area contributed by atoms with Crippen molar-refractivity contribution in [2.24, 2.45) is 0 Å². The number of nitro benzene ring substituents is 1. The lowest BCUT2D eigenvalue weighted by atomic mass is 10.1. The number of nitro groups is 1. The number of halogens is 1. The average molecular weight is 376 g/mol. The van der Waals surface area contributed by atoms with Gasteiger partial charge in [-0.2, -0.15) is 0 Å². The van der Waals surface area contributed by atoms with Crippen LogP contribution < -0.4 is 15.4 Å². The van der Waals surface area contributed by atoms with E-state index >= 15 is 0 Å². The summed E-state index contributed by atoms with van der Waals surface area (Å²) in [6.45, 7) is 1.74. The third kappa shape index (κ3) is 3.60. The summed E-state index contributed by atoms with van der Waals surface area (Å²) >= 11 is 5.98. The lowest BCUT2D eigenvalue weighted by molar-refractivity contribution is -0.384. The average Bonchev–Trinajstić information content (AvgIpc) is 2.60. The molecule has 134 valence electrons. The van der Waals surface area contributed by atoms with Gasteiger partial charge in [0.2, 0.25) is 0 Å². The van der Waals surface area contributed by atoms with Crippen LogP contribution in [-0.4, -0.2) is 23.3 Å². The van der Waals surface area contributed by atoms with Crippen LogP contribution in [0.2, 0.25) is 5.02 Å². The first-order valence-corrected chi connectivity index (χ1v) is 8.04. The highest BCUT2D eigenvalue weighted by Crippen LogP contribution is 2.31. The van der Waals surface area contributed by atoms with E-state index in [0.29, 0.717) is 11.4 Å². The van der Waals surface area contributed by atoms with Crippen LogP contribution in [0.3, 0.4) is 0 Å². The molecule has 2 aromatic rings. The van der Waals surface area contributed by atoms with E-state index in [4.69, 9.17) is 16.3 Å². The van der Waals surface area contributed by atoms with Gasteiger partial charge in [-0.15, -0.1) is 0 Å². The minimum Gasteiger partial charge on any atom is -0.482 e. The Morgan fingerprint density at radius 2 is 2.12 bits per heavy atom. The molecule has 0 aliphatic carbocycles. The molecule has 9 heteroatoms. The third-order valence-corrected chi connectivity index (χ3v) is 4.20. The predicted octanol–water partition coefficient (Wildman–Crippen LogP) is 3.07. The van der Waals surface area contributed by atoms with E-state index in [9.17, 15) is 19.7 Å². The van der Waals surface area contributed by atoms with Crippen LogP contribution in [0.1, 0.15) is 28.9 Å². The number of nitrogens with zero attached hydrogens (tertiary/aromatic N) is 1. The number of hydrogen-bond donors (Lipinski definition) is 2. The number of nitrogens with one attached hydrogen (secondary N) is 2. The first-order chi connectivity index (χ1) is 12.3. The van der Waals surface area contributed by atoms with Gasteiger partial charge in [-0.1, -0.05) is 17.7 Å². The Morgan fingerprint density at radius 1 is 1.35 bits per heavy atom. The molecule has 2 aromatic carbocycles. The number of benzene rings is 2. The van der Waals surface area contributed by atoms with Crippen LogP contribution in [0.5, 0.6) is 5.75 Å². The maximum absolute atomic E-state index is 12.4. The number of rotatable bonds is 4. The van der Waals surface area contributed by atoms with Crippen LogP contribution in [-0.2, 0) is 4.79 Å². The first-order valence-electron chi connectivity index (χ1n) is 7.66. The Kier molecular flexibility index (Phi) is 4.77. The number of anilines is 1. The summed E-state index contributed by atoms with van der Waals surface area (Å²) in [5, 5.41) is 16.2. The molecular formula is C17H14ClN3O5. The van der Waals surface area contributed by atoms with Gasteiger partial charge in [0.05, 0.1) is 27.2 Å². The Morgan fingerprint density at radius 3 is 2.81 bits per heavy atom. The number of ether oxygens (including phenoxy) is 1. The van der Waals surface area contributed by atoms with Crippen molar-refractivity contribution in [3.05, 3.63) is 62.7 Å². The molecule has 0 fully saturated rings. The molecule has 8 nitrogen and oxygen atoms in total. The molecule has 2 N–H and O–H groups in total. The van der Waals surface area contributed by atoms with Gasteiger partial charge in [-0.25, -0.2) is 0 Å². The standard InChI is InChI=1S/C17H14ClN3O5/c1-9(10-2-5-15-14(6-10)20-16(22)8-26-15)19-17(23)12-4-3-11(21(24)25)7-13(12)18/h2-7,9H,8H2,1H3,(H,19,23)(H,20,22). The fourth-order valence-electron chi connectivity index (χ4n) is 2.53. The van der Waals surface area contributed by atoms with Crippen molar-refractivity contribution >= 4 is 34.8 Å². The molecule has 0 radical (unpaired) electrons. The second-order valence-electron chi connectivity index (χ2n) is 5.71. The molecule has 2 amide bonds. The number of hydrogen-bond acceptors (Lipinski definition) is 5.